The van der Waals surface area contributed by atoms with Gasteiger partial charge >= 0.3 is 0 Å². The summed E-state index contributed by atoms with van der Waals surface area (Å²) in [7, 11) is 0. The number of halogens is 1. The lowest BCUT2D eigenvalue weighted by molar-refractivity contribution is 0.249. The van der Waals surface area contributed by atoms with Crippen molar-refractivity contribution in [3.8, 4) is 11.5 Å². The van der Waals surface area contributed by atoms with E-state index < -0.39 is 0 Å². The van der Waals surface area contributed by atoms with Gasteiger partial charge in [0.05, 0.1) is 6.67 Å². The molecule has 0 N–H and O–H groups in total. The first-order chi connectivity index (χ1) is 9.22. The second-order valence-corrected chi connectivity index (χ2v) is 5.44. The summed E-state index contributed by atoms with van der Waals surface area (Å²) in [5, 5.41) is 5.09. The quantitative estimate of drug-likeness (QED) is 0.811. The average Bonchev–Trinajstić information content (AvgIpc) is 3.01. The Labute approximate surface area is 121 Å². The second-order valence-electron chi connectivity index (χ2n) is 4.65. The predicted molar refractivity (Wildman–Crippen MR) is 76.6 cm³/mol. The zero-order valence-electron chi connectivity index (χ0n) is 10.4. The van der Waals surface area contributed by atoms with Gasteiger partial charge in [-0.3, -0.25) is 4.90 Å². The monoisotopic (exact) mass is 295 g/mol. The van der Waals surface area contributed by atoms with E-state index in [2.05, 4.69) is 10.00 Å². The maximum atomic E-state index is 5.97. The molecular formula is C13H14ClN3OS. The molecule has 1 aliphatic heterocycles. The van der Waals surface area contributed by atoms with Crippen LogP contribution in [0.4, 0.5) is 0 Å². The Morgan fingerprint density at radius 2 is 2.11 bits per heavy atom. The van der Waals surface area contributed by atoms with Crippen molar-refractivity contribution in [1.29, 1.82) is 0 Å². The smallest absolute Gasteiger partial charge is 0.288 e. The van der Waals surface area contributed by atoms with Crippen LogP contribution in [0.2, 0.25) is 5.02 Å². The largest absolute Gasteiger partial charge is 0.409 e. The van der Waals surface area contributed by atoms with Crippen LogP contribution in [0.25, 0.3) is 11.5 Å². The SMILES string of the molecule is S=c1oc(-c2cccc(Cl)c2)nn1CN1CCCC1. The van der Waals surface area contributed by atoms with E-state index in [0.717, 1.165) is 18.7 Å². The molecule has 0 saturated carbocycles. The summed E-state index contributed by atoms with van der Waals surface area (Å²) in [4.78, 5) is 2.72. The fraction of sp³-hybridized carbons (Fsp3) is 0.385. The summed E-state index contributed by atoms with van der Waals surface area (Å²) in [5.74, 6) is 0.520. The van der Waals surface area contributed by atoms with Crippen LogP contribution in [0.3, 0.4) is 0 Å². The van der Waals surface area contributed by atoms with Crippen LogP contribution in [0.15, 0.2) is 28.7 Å². The molecule has 19 heavy (non-hydrogen) atoms. The first kappa shape index (κ1) is 12.8. The Balaban J connectivity index is 1.86. The number of nitrogens with zero attached hydrogens (tertiary/aromatic N) is 3. The Morgan fingerprint density at radius 1 is 1.32 bits per heavy atom. The van der Waals surface area contributed by atoms with Gasteiger partial charge in [-0.15, -0.1) is 5.10 Å². The summed E-state index contributed by atoms with van der Waals surface area (Å²) in [6, 6.07) is 7.42. The lowest BCUT2D eigenvalue weighted by Crippen LogP contribution is -2.23. The predicted octanol–water partition coefficient (Wildman–Crippen LogP) is 3.58. The Hall–Kier alpha value is -1.17. The van der Waals surface area contributed by atoms with Gasteiger partial charge in [0.25, 0.3) is 4.84 Å². The summed E-state index contributed by atoms with van der Waals surface area (Å²) in [6.07, 6.45) is 2.48. The Morgan fingerprint density at radius 3 is 2.84 bits per heavy atom. The molecule has 0 bridgehead atoms. The number of hydrogen-bond donors (Lipinski definition) is 0. The van der Waals surface area contributed by atoms with Crippen LogP contribution in [0.1, 0.15) is 12.8 Å². The van der Waals surface area contributed by atoms with Crippen molar-refractivity contribution in [2.45, 2.75) is 19.5 Å². The molecule has 2 aromatic rings. The minimum absolute atomic E-state index is 0.405. The van der Waals surface area contributed by atoms with Crippen LogP contribution >= 0.6 is 23.8 Å². The van der Waals surface area contributed by atoms with Crippen LogP contribution in [0.5, 0.6) is 0 Å². The molecule has 1 saturated heterocycles. The molecule has 1 fully saturated rings. The zero-order chi connectivity index (χ0) is 13.2. The van der Waals surface area contributed by atoms with E-state index in [-0.39, 0.29) is 0 Å². The topological polar surface area (TPSA) is 34.2 Å². The van der Waals surface area contributed by atoms with Crippen molar-refractivity contribution < 1.29 is 4.42 Å². The van der Waals surface area contributed by atoms with E-state index >= 15 is 0 Å². The minimum Gasteiger partial charge on any atom is -0.409 e. The van der Waals surface area contributed by atoms with Crippen molar-refractivity contribution in [1.82, 2.24) is 14.7 Å². The molecule has 1 aromatic carbocycles. The maximum absolute atomic E-state index is 5.97. The van der Waals surface area contributed by atoms with Gasteiger partial charge in [-0.2, -0.15) is 0 Å². The van der Waals surface area contributed by atoms with Gasteiger partial charge in [0, 0.05) is 10.6 Å². The zero-order valence-corrected chi connectivity index (χ0v) is 12.0. The summed E-state index contributed by atoms with van der Waals surface area (Å²) >= 11 is 11.2. The Kier molecular flexibility index (Phi) is 3.68. The van der Waals surface area contributed by atoms with Gasteiger partial charge in [-0.25, -0.2) is 4.68 Å². The number of hydrogen-bond acceptors (Lipinski definition) is 4. The lowest BCUT2D eigenvalue weighted by Gasteiger charge is -2.12. The highest BCUT2D eigenvalue weighted by Gasteiger charge is 2.15. The molecular weight excluding hydrogens is 282 g/mol. The minimum atomic E-state index is 0.405. The van der Waals surface area contributed by atoms with Crippen molar-refractivity contribution in [3.05, 3.63) is 34.1 Å². The average molecular weight is 296 g/mol. The van der Waals surface area contributed by atoms with Crippen molar-refractivity contribution in [2.24, 2.45) is 0 Å². The number of rotatable bonds is 3. The Bertz CT molecular complexity index is 631. The first-order valence-corrected chi connectivity index (χ1v) is 7.07. The summed E-state index contributed by atoms with van der Waals surface area (Å²) < 4.78 is 7.28. The highest BCUT2D eigenvalue weighted by molar-refractivity contribution is 7.71. The van der Waals surface area contributed by atoms with Crippen LogP contribution in [-0.4, -0.2) is 27.8 Å². The third-order valence-electron chi connectivity index (χ3n) is 3.21. The standard InChI is InChI=1S/C13H14ClN3OS/c14-11-5-3-4-10(8-11)12-15-17(13(19)18-12)9-16-6-1-2-7-16/h3-5,8H,1-2,6-7,9H2. The molecule has 0 unspecified atom stereocenters. The summed E-state index contributed by atoms with van der Waals surface area (Å²) in [6.45, 7) is 2.89. The van der Waals surface area contributed by atoms with Crippen molar-refractivity contribution in [3.63, 3.8) is 0 Å². The lowest BCUT2D eigenvalue weighted by atomic mass is 10.2. The molecule has 0 atom stereocenters. The van der Waals surface area contributed by atoms with Gasteiger partial charge in [0.15, 0.2) is 0 Å². The molecule has 1 aliphatic rings. The fourth-order valence-corrected chi connectivity index (χ4v) is 2.62. The van der Waals surface area contributed by atoms with E-state index in [4.69, 9.17) is 28.2 Å². The molecule has 0 spiro atoms. The number of likely N-dealkylation sites (tertiary alicyclic amines) is 1. The van der Waals surface area contributed by atoms with E-state index in [1.807, 2.05) is 24.3 Å². The molecule has 4 nitrogen and oxygen atoms in total. The van der Waals surface area contributed by atoms with E-state index in [1.165, 1.54) is 12.8 Å². The highest BCUT2D eigenvalue weighted by atomic mass is 35.5. The molecule has 2 heterocycles. The number of benzene rings is 1. The van der Waals surface area contributed by atoms with Crippen LogP contribution < -0.4 is 0 Å². The second kappa shape index (κ2) is 5.45. The van der Waals surface area contributed by atoms with E-state index in [1.54, 1.807) is 4.68 Å². The first-order valence-electron chi connectivity index (χ1n) is 6.28. The highest BCUT2D eigenvalue weighted by Crippen LogP contribution is 2.21. The normalized spacial score (nSPS) is 16.1. The summed E-state index contributed by atoms with van der Waals surface area (Å²) in [5.41, 5.74) is 0.846. The third-order valence-corrected chi connectivity index (χ3v) is 3.74. The molecule has 3 rings (SSSR count). The number of aromatic nitrogens is 2. The van der Waals surface area contributed by atoms with Gasteiger partial charge in [0.2, 0.25) is 5.89 Å². The van der Waals surface area contributed by atoms with Gasteiger partial charge in [-0.05, 0) is 56.3 Å². The van der Waals surface area contributed by atoms with Gasteiger partial charge in [-0.1, -0.05) is 17.7 Å². The van der Waals surface area contributed by atoms with Gasteiger partial charge < -0.3 is 4.42 Å². The molecule has 0 aliphatic carbocycles. The van der Waals surface area contributed by atoms with E-state index in [9.17, 15) is 0 Å². The van der Waals surface area contributed by atoms with Crippen molar-refractivity contribution >= 4 is 23.8 Å². The molecule has 100 valence electrons. The molecule has 0 amide bonds. The van der Waals surface area contributed by atoms with Crippen LogP contribution in [-0.2, 0) is 6.67 Å². The maximum Gasteiger partial charge on any atom is 0.288 e. The molecule has 1 aromatic heterocycles. The third kappa shape index (κ3) is 2.88. The molecule has 6 heteroatoms. The fourth-order valence-electron chi connectivity index (χ4n) is 2.25. The van der Waals surface area contributed by atoms with Gasteiger partial charge in [0.1, 0.15) is 0 Å². The van der Waals surface area contributed by atoms with Crippen LogP contribution in [0, 0.1) is 4.84 Å². The van der Waals surface area contributed by atoms with E-state index in [0.29, 0.717) is 22.4 Å². The van der Waals surface area contributed by atoms with Crippen molar-refractivity contribution in [2.75, 3.05) is 13.1 Å². The molecule has 0 radical (unpaired) electrons.